The molecular formula is C28H38ClN3O4. The topological polar surface area (TPSA) is 94.7 Å². The predicted molar refractivity (Wildman–Crippen MR) is 147 cm³/mol. The number of nitrogens with one attached hydrogen (secondary N) is 2. The summed E-state index contributed by atoms with van der Waals surface area (Å²) in [6.07, 6.45) is 2.88. The van der Waals surface area contributed by atoms with Gasteiger partial charge in [0.25, 0.3) is 0 Å². The molecule has 0 aliphatic carbocycles. The van der Waals surface area contributed by atoms with Crippen LogP contribution in [0.4, 0.5) is 0 Å². The van der Waals surface area contributed by atoms with E-state index < -0.39 is 0 Å². The zero-order valence-electron chi connectivity index (χ0n) is 21.2. The van der Waals surface area contributed by atoms with Crippen molar-refractivity contribution < 1.29 is 14.6 Å². The zero-order chi connectivity index (χ0) is 25.0. The van der Waals surface area contributed by atoms with Crippen LogP contribution < -0.4 is 10.9 Å². The van der Waals surface area contributed by atoms with Crippen molar-refractivity contribution in [2.75, 3.05) is 32.8 Å². The van der Waals surface area contributed by atoms with E-state index in [1.807, 2.05) is 29.2 Å². The molecule has 196 valence electrons. The molecular weight excluding hydrogens is 478 g/mol. The standard InChI is InChI=1S/C28H37N3O4.ClH/c1-3-21(2)31(27(34)15-20-35-19-14-22-7-5-4-6-8-22)18-17-29-16-13-23-9-11-25(32)28-24(23)10-12-26(33)30-28;/h4-12,21,29,32H,3,13-20H2,1-2H3,(H,30,33);1H. The molecule has 1 unspecified atom stereocenters. The van der Waals surface area contributed by atoms with E-state index in [1.165, 1.54) is 11.6 Å². The number of carbonyl (C=O) groups excluding carboxylic acids is 1. The number of aromatic hydroxyl groups is 1. The van der Waals surface area contributed by atoms with Crippen molar-refractivity contribution >= 4 is 29.2 Å². The first kappa shape index (κ1) is 29.4. The Hall–Kier alpha value is -2.87. The van der Waals surface area contributed by atoms with Crippen molar-refractivity contribution in [1.82, 2.24) is 15.2 Å². The number of H-pyrrole nitrogens is 1. The molecule has 0 radical (unpaired) electrons. The van der Waals surface area contributed by atoms with Crippen LogP contribution in [0.15, 0.2) is 59.4 Å². The van der Waals surface area contributed by atoms with Crippen LogP contribution in [-0.4, -0.2) is 59.8 Å². The molecule has 0 aliphatic heterocycles. The zero-order valence-corrected chi connectivity index (χ0v) is 22.0. The number of rotatable bonds is 14. The predicted octanol–water partition coefficient (Wildman–Crippen LogP) is 4.06. The Labute approximate surface area is 219 Å². The lowest BCUT2D eigenvalue weighted by Gasteiger charge is -2.29. The van der Waals surface area contributed by atoms with Crippen molar-refractivity contribution in [1.29, 1.82) is 0 Å². The lowest BCUT2D eigenvalue weighted by Crippen LogP contribution is -2.43. The number of ether oxygens (including phenoxy) is 1. The third kappa shape index (κ3) is 8.66. The monoisotopic (exact) mass is 515 g/mol. The molecule has 2 aromatic carbocycles. The summed E-state index contributed by atoms with van der Waals surface area (Å²) in [5.74, 6) is 0.190. The number of phenolic OH excluding ortho intramolecular Hbond substituents is 1. The molecule has 36 heavy (non-hydrogen) atoms. The van der Waals surface area contributed by atoms with Gasteiger partial charge >= 0.3 is 0 Å². The molecule has 0 spiro atoms. The summed E-state index contributed by atoms with van der Waals surface area (Å²) in [4.78, 5) is 29.1. The molecule has 0 saturated carbocycles. The number of benzene rings is 2. The highest BCUT2D eigenvalue weighted by Gasteiger charge is 2.18. The maximum atomic E-state index is 12.8. The highest BCUT2D eigenvalue weighted by atomic mass is 35.5. The van der Waals surface area contributed by atoms with E-state index >= 15 is 0 Å². The third-order valence-corrected chi connectivity index (χ3v) is 6.35. The van der Waals surface area contributed by atoms with Gasteiger partial charge in [-0.2, -0.15) is 0 Å². The van der Waals surface area contributed by atoms with E-state index in [9.17, 15) is 14.7 Å². The number of phenols is 1. The quantitative estimate of drug-likeness (QED) is 0.281. The third-order valence-electron chi connectivity index (χ3n) is 6.35. The van der Waals surface area contributed by atoms with Gasteiger partial charge in [0.05, 0.1) is 25.2 Å². The molecule has 3 rings (SSSR count). The van der Waals surface area contributed by atoms with Gasteiger partial charge in [0, 0.05) is 30.6 Å². The molecule has 0 bridgehead atoms. The number of hydrogen-bond donors (Lipinski definition) is 3. The van der Waals surface area contributed by atoms with Crippen LogP contribution in [0.1, 0.15) is 37.8 Å². The number of aromatic amines is 1. The van der Waals surface area contributed by atoms with Crippen molar-refractivity contribution in [2.24, 2.45) is 0 Å². The fraction of sp³-hybridized carbons (Fsp3) is 0.429. The van der Waals surface area contributed by atoms with E-state index in [1.54, 1.807) is 12.1 Å². The molecule has 3 aromatic rings. The summed E-state index contributed by atoms with van der Waals surface area (Å²) in [5.41, 5.74) is 2.51. The van der Waals surface area contributed by atoms with E-state index in [0.29, 0.717) is 38.2 Å². The maximum absolute atomic E-state index is 12.8. The number of pyridine rings is 1. The second-order valence-electron chi connectivity index (χ2n) is 8.80. The summed E-state index contributed by atoms with van der Waals surface area (Å²) < 4.78 is 5.71. The van der Waals surface area contributed by atoms with Crippen molar-refractivity contribution in [2.45, 2.75) is 45.6 Å². The molecule has 0 saturated heterocycles. The Kier molecular flexibility index (Phi) is 12.5. The van der Waals surface area contributed by atoms with Gasteiger partial charge < -0.3 is 25.0 Å². The lowest BCUT2D eigenvalue weighted by atomic mass is 10.0. The summed E-state index contributed by atoms with van der Waals surface area (Å²) in [7, 11) is 0. The second kappa shape index (κ2) is 15.3. The number of amides is 1. The number of hydrogen-bond acceptors (Lipinski definition) is 5. The maximum Gasteiger partial charge on any atom is 0.248 e. The first-order valence-electron chi connectivity index (χ1n) is 12.4. The van der Waals surface area contributed by atoms with Gasteiger partial charge in [0.15, 0.2) is 0 Å². The van der Waals surface area contributed by atoms with Crippen LogP contribution in [0.3, 0.4) is 0 Å². The Bertz CT molecular complexity index is 1140. The molecule has 1 aromatic heterocycles. The molecule has 8 heteroatoms. The van der Waals surface area contributed by atoms with Crippen LogP contribution in [-0.2, 0) is 22.4 Å². The number of fused-ring (bicyclic) bond motifs is 1. The van der Waals surface area contributed by atoms with Gasteiger partial charge in [-0.05, 0) is 56.0 Å². The van der Waals surface area contributed by atoms with Crippen molar-refractivity contribution in [3.05, 3.63) is 76.1 Å². The van der Waals surface area contributed by atoms with Crippen LogP contribution in [0.25, 0.3) is 10.9 Å². The van der Waals surface area contributed by atoms with Crippen LogP contribution in [0.5, 0.6) is 5.75 Å². The van der Waals surface area contributed by atoms with Crippen molar-refractivity contribution in [3.8, 4) is 5.75 Å². The average molecular weight is 516 g/mol. The molecule has 3 N–H and O–H groups in total. The minimum absolute atomic E-state index is 0. The van der Waals surface area contributed by atoms with Crippen LogP contribution >= 0.6 is 12.4 Å². The minimum atomic E-state index is -0.237. The van der Waals surface area contributed by atoms with Gasteiger partial charge in [-0.25, -0.2) is 0 Å². The Balaban J connectivity index is 0.00000456. The largest absolute Gasteiger partial charge is 0.506 e. The lowest BCUT2D eigenvalue weighted by molar-refractivity contribution is -0.134. The Morgan fingerprint density at radius 1 is 1.06 bits per heavy atom. The van der Waals surface area contributed by atoms with E-state index in [0.717, 1.165) is 36.8 Å². The van der Waals surface area contributed by atoms with Crippen LogP contribution in [0.2, 0.25) is 0 Å². The van der Waals surface area contributed by atoms with Crippen LogP contribution in [0, 0.1) is 0 Å². The Morgan fingerprint density at radius 2 is 1.83 bits per heavy atom. The van der Waals surface area contributed by atoms with E-state index in [-0.39, 0.29) is 35.7 Å². The number of aromatic nitrogens is 1. The molecule has 1 atom stereocenters. The summed E-state index contributed by atoms with van der Waals surface area (Å²) >= 11 is 0. The molecule has 7 nitrogen and oxygen atoms in total. The summed E-state index contributed by atoms with van der Waals surface area (Å²) in [5, 5.41) is 14.3. The number of halogens is 1. The Morgan fingerprint density at radius 3 is 2.58 bits per heavy atom. The summed E-state index contributed by atoms with van der Waals surface area (Å²) in [6, 6.07) is 17.1. The fourth-order valence-electron chi connectivity index (χ4n) is 4.11. The smallest absolute Gasteiger partial charge is 0.248 e. The first-order valence-corrected chi connectivity index (χ1v) is 12.4. The molecule has 0 aliphatic rings. The fourth-order valence-corrected chi connectivity index (χ4v) is 4.11. The molecule has 1 amide bonds. The average Bonchev–Trinajstić information content (AvgIpc) is 2.87. The van der Waals surface area contributed by atoms with Gasteiger partial charge in [-0.15, -0.1) is 12.4 Å². The van der Waals surface area contributed by atoms with Crippen molar-refractivity contribution in [3.63, 3.8) is 0 Å². The highest BCUT2D eigenvalue weighted by molar-refractivity contribution is 5.87. The minimum Gasteiger partial charge on any atom is -0.506 e. The van der Waals surface area contributed by atoms with Gasteiger partial charge in [-0.1, -0.05) is 43.3 Å². The second-order valence-corrected chi connectivity index (χ2v) is 8.80. The highest BCUT2D eigenvalue weighted by Crippen LogP contribution is 2.24. The van der Waals surface area contributed by atoms with Gasteiger partial charge in [-0.3, -0.25) is 9.59 Å². The van der Waals surface area contributed by atoms with Gasteiger partial charge in [0.1, 0.15) is 5.75 Å². The number of nitrogens with zero attached hydrogens (tertiary/aromatic N) is 1. The summed E-state index contributed by atoms with van der Waals surface area (Å²) in [6.45, 7) is 7.28. The van der Waals surface area contributed by atoms with E-state index in [4.69, 9.17) is 4.74 Å². The molecule has 1 heterocycles. The van der Waals surface area contributed by atoms with E-state index in [2.05, 4.69) is 36.3 Å². The van der Waals surface area contributed by atoms with Gasteiger partial charge in [0.2, 0.25) is 11.5 Å². The normalized spacial score (nSPS) is 11.7. The number of carbonyl (C=O) groups is 1. The first-order chi connectivity index (χ1) is 17.0. The molecule has 0 fully saturated rings. The SMILES string of the molecule is CCC(C)N(CCNCCc1ccc(O)c2[nH]c(=O)ccc12)C(=O)CCOCCc1ccccc1.Cl.